The quantitative estimate of drug-likeness (QED) is 0.188. The number of sulfonamides is 1. The zero-order chi connectivity index (χ0) is 28.5. The van der Waals surface area contributed by atoms with Crippen LogP contribution in [0.1, 0.15) is 40.4 Å². The Morgan fingerprint density at radius 3 is 2.20 bits per heavy atom. The van der Waals surface area contributed by atoms with Crippen LogP contribution in [0, 0.1) is 6.92 Å². The van der Waals surface area contributed by atoms with Gasteiger partial charge in [-0.3, -0.25) is 9.10 Å². The van der Waals surface area contributed by atoms with Crippen LogP contribution in [0.2, 0.25) is 5.02 Å². The summed E-state index contributed by atoms with van der Waals surface area (Å²) in [5.74, 6) is 0.338. The molecule has 0 atom stereocenters. The molecule has 6 nitrogen and oxygen atoms in total. The van der Waals surface area contributed by atoms with Gasteiger partial charge in [0, 0.05) is 5.02 Å². The minimum Gasteiger partial charge on any atom is -0.492 e. The van der Waals surface area contributed by atoms with Crippen LogP contribution >= 0.6 is 11.6 Å². The summed E-state index contributed by atoms with van der Waals surface area (Å²) in [7, 11) is -4.01. The van der Waals surface area contributed by atoms with Gasteiger partial charge < -0.3 is 10.1 Å². The van der Waals surface area contributed by atoms with E-state index in [1.165, 1.54) is 9.87 Å². The number of anilines is 1. The summed E-state index contributed by atoms with van der Waals surface area (Å²) in [4.78, 5) is 13.4. The van der Waals surface area contributed by atoms with Crippen molar-refractivity contribution in [3.05, 3.63) is 124 Å². The molecular weight excluding hydrogens is 544 g/mol. The smallest absolute Gasteiger partial charge is 0.264 e. The van der Waals surface area contributed by atoms with E-state index in [1.807, 2.05) is 31.2 Å². The van der Waals surface area contributed by atoms with Crippen molar-refractivity contribution >= 4 is 33.2 Å². The fraction of sp³-hybridized carbons (Fsp3) is 0.219. The van der Waals surface area contributed by atoms with Crippen LogP contribution in [0.15, 0.2) is 102 Å². The first-order valence-electron chi connectivity index (χ1n) is 13.2. The molecule has 0 spiro atoms. The van der Waals surface area contributed by atoms with E-state index in [4.69, 9.17) is 16.3 Å². The van der Waals surface area contributed by atoms with Crippen molar-refractivity contribution in [1.82, 2.24) is 5.32 Å². The number of benzene rings is 4. The number of carbonyl (C=O) groups excluding carboxylic acids is 1. The van der Waals surface area contributed by atoms with Gasteiger partial charge >= 0.3 is 0 Å². The highest BCUT2D eigenvalue weighted by molar-refractivity contribution is 7.92. The summed E-state index contributed by atoms with van der Waals surface area (Å²) in [6, 6.07) is 28.3. The molecule has 0 unspecified atom stereocenters. The maximum atomic E-state index is 13.9. The monoisotopic (exact) mass is 576 g/mol. The molecule has 0 aliphatic carbocycles. The summed E-state index contributed by atoms with van der Waals surface area (Å²) >= 11 is 6.06. The molecule has 0 bridgehead atoms. The van der Waals surface area contributed by atoms with Crippen molar-refractivity contribution in [3.8, 4) is 5.75 Å². The highest BCUT2D eigenvalue weighted by Gasteiger charge is 2.28. The fourth-order valence-corrected chi connectivity index (χ4v) is 5.84. The molecular formula is C32H33ClN2O4S. The van der Waals surface area contributed by atoms with Gasteiger partial charge in [-0.25, -0.2) is 8.42 Å². The average Bonchev–Trinajstić information content (AvgIpc) is 2.96. The normalized spacial score (nSPS) is 11.2. The zero-order valence-corrected chi connectivity index (χ0v) is 24.2. The highest BCUT2D eigenvalue weighted by atomic mass is 35.5. The van der Waals surface area contributed by atoms with E-state index in [-0.39, 0.29) is 35.8 Å². The fourth-order valence-electron chi connectivity index (χ4n) is 4.25. The molecule has 208 valence electrons. The van der Waals surface area contributed by atoms with Crippen LogP contribution in [-0.4, -0.2) is 27.5 Å². The number of hydrogen-bond donors (Lipinski definition) is 1. The first-order chi connectivity index (χ1) is 19.3. The lowest BCUT2D eigenvalue weighted by Gasteiger charge is -2.27. The minimum atomic E-state index is -4.01. The molecule has 0 saturated carbocycles. The van der Waals surface area contributed by atoms with Gasteiger partial charge in [-0.15, -0.1) is 0 Å². The Morgan fingerprint density at radius 1 is 0.875 bits per heavy atom. The van der Waals surface area contributed by atoms with E-state index in [1.54, 1.807) is 72.8 Å². The number of aryl methyl sites for hydroxylation is 2. The van der Waals surface area contributed by atoms with Crippen molar-refractivity contribution in [3.63, 3.8) is 0 Å². The third kappa shape index (κ3) is 7.43. The van der Waals surface area contributed by atoms with Crippen LogP contribution in [0.3, 0.4) is 0 Å². The van der Waals surface area contributed by atoms with Gasteiger partial charge in [0.05, 0.1) is 29.2 Å². The van der Waals surface area contributed by atoms with E-state index in [0.29, 0.717) is 5.02 Å². The Labute approximate surface area is 241 Å². The Bertz CT molecular complexity index is 1520. The lowest BCUT2D eigenvalue weighted by Crippen LogP contribution is -2.34. The Kier molecular flexibility index (Phi) is 9.85. The molecule has 0 fully saturated rings. The van der Waals surface area contributed by atoms with Crippen LogP contribution in [-0.2, 0) is 23.0 Å². The van der Waals surface area contributed by atoms with Crippen LogP contribution < -0.4 is 14.4 Å². The number of rotatable bonds is 12. The standard InChI is InChI=1S/C32H33ClN2O4S/c1-3-6-25-13-17-28(18-14-25)39-22-21-34-32(36)30-7-4-5-8-31(30)35(23-26-11-15-27(33)16-12-26)40(37,38)29-19-9-24(2)10-20-29/h4-5,7-20H,3,6,21-23H2,1-2H3,(H,34,36). The summed E-state index contributed by atoms with van der Waals surface area (Å²) in [6.07, 6.45) is 2.10. The van der Waals surface area contributed by atoms with Crippen molar-refractivity contribution in [1.29, 1.82) is 0 Å². The number of nitrogens with one attached hydrogen (secondary N) is 1. The molecule has 1 amide bonds. The largest absolute Gasteiger partial charge is 0.492 e. The molecule has 4 aromatic carbocycles. The van der Waals surface area contributed by atoms with Gasteiger partial charge in [0.15, 0.2) is 0 Å². The predicted octanol–water partition coefficient (Wildman–Crippen LogP) is 6.81. The number of hydrogen-bond acceptors (Lipinski definition) is 4. The van der Waals surface area contributed by atoms with Crippen LogP contribution in [0.4, 0.5) is 5.69 Å². The molecule has 0 aromatic heterocycles. The topological polar surface area (TPSA) is 75.7 Å². The van der Waals surface area contributed by atoms with E-state index in [2.05, 4.69) is 12.2 Å². The average molecular weight is 577 g/mol. The van der Waals surface area contributed by atoms with E-state index in [0.717, 1.165) is 29.7 Å². The molecule has 40 heavy (non-hydrogen) atoms. The first-order valence-corrected chi connectivity index (χ1v) is 15.0. The van der Waals surface area contributed by atoms with Crippen molar-refractivity contribution in [2.24, 2.45) is 0 Å². The molecule has 8 heteroatoms. The molecule has 0 heterocycles. The predicted molar refractivity (Wildman–Crippen MR) is 161 cm³/mol. The van der Waals surface area contributed by atoms with Gasteiger partial charge in [-0.05, 0) is 73.0 Å². The number of nitrogens with zero attached hydrogens (tertiary/aromatic N) is 1. The number of para-hydroxylation sites is 1. The van der Waals surface area contributed by atoms with Gasteiger partial charge in [0.2, 0.25) is 0 Å². The second-order valence-corrected chi connectivity index (χ2v) is 11.8. The second-order valence-electron chi connectivity index (χ2n) is 9.47. The maximum Gasteiger partial charge on any atom is 0.264 e. The third-order valence-electron chi connectivity index (χ3n) is 6.38. The minimum absolute atomic E-state index is 0.0226. The van der Waals surface area contributed by atoms with Crippen LogP contribution in [0.25, 0.3) is 0 Å². The van der Waals surface area contributed by atoms with E-state index in [9.17, 15) is 13.2 Å². The highest BCUT2D eigenvalue weighted by Crippen LogP contribution is 2.30. The number of amides is 1. The summed E-state index contributed by atoms with van der Waals surface area (Å²) in [5, 5.41) is 3.41. The van der Waals surface area contributed by atoms with Gasteiger partial charge in [-0.2, -0.15) is 0 Å². The van der Waals surface area contributed by atoms with Gasteiger partial charge in [-0.1, -0.05) is 79.0 Å². The Morgan fingerprint density at radius 2 is 1.52 bits per heavy atom. The summed E-state index contributed by atoms with van der Waals surface area (Å²) < 4.78 is 34.9. The van der Waals surface area contributed by atoms with Crippen molar-refractivity contribution in [2.45, 2.75) is 38.1 Å². The molecule has 0 saturated heterocycles. The second kappa shape index (κ2) is 13.5. The van der Waals surface area contributed by atoms with Gasteiger partial charge in [0.1, 0.15) is 12.4 Å². The summed E-state index contributed by atoms with van der Waals surface area (Å²) in [6.45, 7) is 4.59. The SMILES string of the molecule is CCCc1ccc(OCCNC(=O)c2ccccc2N(Cc2ccc(Cl)cc2)S(=O)(=O)c2ccc(C)cc2)cc1. The maximum absolute atomic E-state index is 13.9. The van der Waals surface area contributed by atoms with Crippen molar-refractivity contribution < 1.29 is 17.9 Å². The number of ether oxygens (including phenoxy) is 1. The lowest BCUT2D eigenvalue weighted by molar-refractivity contribution is 0.0947. The molecule has 1 N–H and O–H groups in total. The molecule has 4 rings (SSSR count). The molecule has 0 aliphatic heterocycles. The Hall–Kier alpha value is -3.81. The van der Waals surface area contributed by atoms with E-state index < -0.39 is 15.9 Å². The molecule has 4 aromatic rings. The lowest BCUT2D eigenvalue weighted by atomic mass is 10.1. The van der Waals surface area contributed by atoms with Crippen LogP contribution in [0.5, 0.6) is 5.75 Å². The summed E-state index contributed by atoms with van der Waals surface area (Å²) in [5.41, 5.74) is 3.46. The third-order valence-corrected chi connectivity index (χ3v) is 8.41. The zero-order valence-electron chi connectivity index (χ0n) is 22.6. The van der Waals surface area contributed by atoms with Gasteiger partial charge in [0.25, 0.3) is 15.9 Å². The van der Waals surface area contributed by atoms with E-state index >= 15 is 0 Å². The number of halogens is 1. The molecule has 0 aliphatic rings. The van der Waals surface area contributed by atoms with Crippen molar-refractivity contribution in [2.75, 3.05) is 17.5 Å². The molecule has 0 radical (unpaired) electrons. The number of carbonyl (C=O) groups is 1. The first kappa shape index (κ1) is 29.2. The Balaban J connectivity index is 1.55.